The van der Waals surface area contributed by atoms with Crippen LogP contribution in [0.4, 0.5) is 0 Å². The van der Waals surface area contributed by atoms with Crippen molar-refractivity contribution in [2.45, 2.75) is 58.1 Å². The summed E-state index contributed by atoms with van der Waals surface area (Å²) in [5, 5.41) is 0.764. The lowest BCUT2D eigenvalue weighted by Crippen LogP contribution is -2.35. The third kappa shape index (κ3) is 3.68. The lowest BCUT2D eigenvalue weighted by Gasteiger charge is -2.23. The van der Waals surface area contributed by atoms with E-state index in [1.54, 1.807) is 0 Å². The van der Waals surface area contributed by atoms with Gasteiger partial charge < -0.3 is 14.1 Å². The average molecular weight is 383 g/mol. The van der Waals surface area contributed by atoms with Crippen LogP contribution >= 0.6 is 0 Å². The fraction of sp³-hybridized carbons (Fsp3) is 0.500. The highest BCUT2D eigenvalue weighted by Gasteiger charge is 2.39. The quantitative estimate of drug-likeness (QED) is 0.585. The highest BCUT2D eigenvalue weighted by molar-refractivity contribution is 5.87. The number of hydrogen-bond donors (Lipinski definition) is 0. The van der Waals surface area contributed by atoms with Gasteiger partial charge in [0.1, 0.15) is 12.2 Å². The minimum absolute atomic E-state index is 0.000520. The second-order valence-corrected chi connectivity index (χ2v) is 7.77. The van der Waals surface area contributed by atoms with Crippen LogP contribution in [0.5, 0.6) is 0 Å². The zero-order valence-electron chi connectivity index (χ0n) is 16.1. The van der Waals surface area contributed by atoms with Crippen LogP contribution in [0.25, 0.3) is 11.0 Å². The van der Waals surface area contributed by atoms with Crippen LogP contribution in [0.15, 0.2) is 33.5 Å². The molecule has 0 N–H and O–H groups in total. The maximum atomic E-state index is 12.5. The van der Waals surface area contributed by atoms with Crippen molar-refractivity contribution < 1.29 is 18.7 Å². The number of hydrogen-bond acceptors (Lipinski definition) is 5. The van der Waals surface area contributed by atoms with Gasteiger partial charge >= 0.3 is 11.6 Å². The summed E-state index contributed by atoms with van der Waals surface area (Å²) in [6.07, 6.45) is 5.40. The van der Waals surface area contributed by atoms with Gasteiger partial charge in [0.15, 0.2) is 0 Å². The maximum Gasteiger partial charge on any atom is 0.336 e. The molecule has 1 aromatic carbocycles. The molecule has 2 aliphatic rings. The third-order valence-electron chi connectivity index (χ3n) is 5.93. The number of nitrogens with zero attached hydrogens (tertiary/aromatic N) is 1. The van der Waals surface area contributed by atoms with Crippen LogP contribution < -0.4 is 5.63 Å². The molecule has 1 aromatic heterocycles. The van der Waals surface area contributed by atoms with Crippen molar-refractivity contribution in [1.29, 1.82) is 0 Å². The van der Waals surface area contributed by atoms with Crippen molar-refractivity contribution in [3.63, 3.8) is 0 Å². The van der Waals surface area contributed by atoms with Gasteiger partial charge in [0.25, 0.3) is 0 Å². The molecule has 1 aliphatic carbocycles. The molecule has 0 radical (unpaired) electrons. The highest BCUT2D eigenvalue weighted by atomic mass is 16.5. The summed E-state index contributed by atoms with van der Waals surface area (Å²) in [5.74, 6) is -0.752. The molecule has 2 aromatic rings. The summed E-state index contributed by atoms with van der Waals surface area (Å²) in [5.41, 5.74) is 1.73. The Balaban J connectivity index is 1.45. The molecule has 4 rings (SSSR count). The lowest BCUT2D eigenvalue weighted by atomic mass is 10.1. The Morgan fingerprint density at radius 1 is 1.21 bits per heavy atom. The van der Waals surface area contributed by atoms with Gasteiger partial charge in [-0.1, -0.05) is 31.9 Å². The average Bonchev–Trinajstić information content (AvgIpc) is 3.34. The summed E-state index contributed by atoms with van der Waals surface area (Å²) in [4.78, 5) is 38.6. The first kappa shape index (κ1) is 18.7. The van der Waals surface area contributed by atoms with E-state index in [1.807, 2.05) is 30.0 Å². The number of likely N-dealkylation sites (tertiary alicyclic amines) is 1. The van der Waals surface area contributed by atoms with Crippen molar-refractivity contribution in [3.8, 4) is 0 Å². The summed E-state index contributed by atoms with van der Waals surface area (Å²) in [6, 6.07) is 7.35. The monoisotopic (exact) mass is 383 g/mol. The number of benzene rings is 1. The molecule has 148 valence electrons. The molecule has 0 bridgehead atoms. The van der Waals surface area contributed by atoms with Crippen LogP contribution in [-0.2, 0) is 27.4 Å². The van der Waals surface area contributed by atoms with E-state index in [4.69, 9.17) is 9.15 Å². The van der Waals surface area contributed by atoms with Crippen LogP contribution in [0, 0.1) is 5.92 Å². The van der Waals surface area contributed by atoms with Crippen molar-refractivity contribution in [1.82, 2.24) is 4.90 Å². The predicted octanol–water partition coefficient (Wildman–Crippen LogP) is 3.19. The topological polar surface area (TPSA) is 76.8 Å². The van der Waals surface area contributed by atoms with Gasteiger partial charge in [-0.05, 0) is 30.9 Å². The number of esters is 1. The maximum absolute atomic E-state index is 12.5. The number of amides is 1. The van der Waals surface area contributed by atoms with E-state index >= 15 is 0 Å². The Labute approximate surface area is 163 Å². The van der Waals surface area contributed by atoms with E-state index in [0.29, 0.717) is 17.7 Å². The molecule has 2 heterocycles. The van der Waals surface area contributed by atoms with E-state index in [-0.39, 0.29) is 30.9 Å². The van der Waals surface area contributed by atoms with Gasteiger partial charge in [-0.15, -0.1) is 0 Å². The minimum Gasteiger partial charge on any atom is -0.461 e. The van der Waals surface area contributed by atoms with Gasteiger partial charge in [-0.2, -0.15) is 0 Å². The Morgan fingerprint density at radius 2 is 2.00 bits per heavy atom. The largest absolute Gasteiger partial charge is 0.461 e. The van der Waals surface area contributed by atoms with Crippen molar-refractivity contribution in [2.75, 3.05) is 6.54 Å². The van der Waals surface area contributed by atoms with E-state index in [1.165, 1.54) is 6.07 Å². The standard InChI is InChI=1S/C22H25NO5/c1-2-14-7-8-18-16(11-21(25)28-19(18)9-14)13-27-22(26)15-10-20(24)23(12-15)17-5-3-4-6-17/h7-9,11,15,17H,2-6,10,12-13H2,1H3/t15-/m0/s1. The van der Waals surface area contributed by atoms with E-state index < -0.39 is 11.5 Å². The highest BCUT2D eigenvalue weighted by Crippen LogP contribution is 2.30. The Bertz CT molecular complexity index is 957. The van der Waals surface area contributed by atoms with Crippen LogP contribution in [0.1, 0.15) is 50.2 Å². The number of carbonyl (C=O) groups is 2. The van der Waals surface area contributed by atoms with Gasteiger partial charge in [0, 0.05) is 36.0 Å². The SMILES string of the molecule is CCc1ccc2c(COC(=O)[C@H]3CC(=O)N(C4CCCC4)C3)cc(=O)oc2c1. The van der Waals surface area contributed by atoms with Crippen LogP contribution in [-0.4, -0.2) is 29.4 Å². The molecule has 0 unspecified atom stereocenters. The molecule has 1 amide bonds. The summed E-state index contributed by atoms with van der Waals surface area (Å²) >= 11 is 0. The fourth-order valence-corrected chi connectivity index (χ4v) is 4.34. The third-order valence-corrected chi connectivity index (χ3v) is 5.93. The first-order valence-corrected chi connectivity index (χ1v) is 10.1. The van der Waals surface area contributed by atoms with Crippen LogP contribution in [0.3, 0.4) is 0 Å². The number of rotatable bonds is 5. The van der Waals surface area contributed by atoms with Crippen molar-refractivity contribution in [3.05, 3.63) is 45.8 Å². The lowest BCUT2D eigenvalue weighted by molar-refractivity contribution is -0.149. The normalized spacial score (nSPS) is 20.2. The molecule has 6 nitrogen and oxygen atoms in total. The molecular weight excluding hydrogens is 358 g/mol. The number of fused-ring (bicyclic) bond motifs is 1. The number of aryl methyl sites for hydroxylation is 1. The van der Waals surface area contributed by atoms with E-state index in [9.17, 15) is 14.4 Å². The second-order valence-electron chi connectivity index (χ2n) is 7.77. The number of carbonyl (C=O) groups excluding carboxylic acids is 2. The molecular formula is C22H25NO5. The smallest absolute Gasteiger partial charge is 0.336 e. The molecule has 1 aliphatic heterocycles. The van der Waals surface area contributed by atoms with Gasteiger partial charge in [0.05, 0.1) is 5.92 Å². The zero-order valence-corrected chi connectivity index (χ0v) is 16.1. The Kier molecular flexibility index (Phi) is 5.20. The predicted molar refractivity (Wildman–Crippen MR) is 104 cm³/mol. The summed E-state index contributed by atoms with van der Waals surface area (Å²) in [7, 11) is 0. The number of ether oxygens (including phenoxy) is 1. The summed E-state index contributed by atoms with van der Waals surface area (Å²) in [6.45, 7) is 2.48. The van der Waals surface area contributed by atoms with Crippen molar-refractivity contribution in [2.24, 2.45) is 5.92 Å². The summed E-state index contributed by atoms with van der Waals surface area (Å²) < 4.78 is 10.8. The fourth-order valence-electron chi connectivity index (χ4n) is 4.34. The minimum atomic E-state index is -0.463. The molecule has 1 atom stereocenters. The second kappa shape index (κ2) is 7.78. The molecule has 2 fully saturated rings. The molecule has 28 heavy (non-hydrogen) atoms. The Morgan fingerprint density at radius 3 is 2.75 bits per heavy atom. The van der Waals surface area contributed by atoms with Crippen molar-refractivity contribution >= 4 is 22.8 Å². The molecule has 1 saturated heterocycles. The van der Waals surface area contributed by atoms with E-state index in [2.05, 4.69) is 0 Å². The van der Waals surface area contributed by atoms with Gasteiger partial charge in [-0.3, -0.25) is 9.59 Å². The molecule has 6 heteroatoms. The van der Waals surface area contributed by atoms with Gasteiger partial charge in [0.2, 0.25) is 5.91 Å². The van der Waals surface area contributed by atoms with Crippen LogP contribution in [0.2, 0.25) is 0 Å². The molecule has 1 saturated carbocycles. The van der Waals surface area contributed by atoms with E-state index in [0.717, 1.165) is 43.1 Å². The zero-order chi connectivity index (χ0) is 19.7. The van der Waals surface area contributed by atoms with Gasteiger partial charge in [-0.25, -0.2) is 4.79 Å². The first-order chi connectivity index (χ1) is 13.5. The first-order valence-electron chi connectivity index (χ1n) is 10.1. The molecule has 0 spiro atoms. The Hall–Kier alpha value is -2.63.